The van der Waals surface area contributed by atoms with Gasteiger partial charge in [0.15, 0.2) is 5.96 Å². The molecule has 27 heavy (non-hydrogen) atoms. The van der Waals surface area contributed by atoms with Crippen LogP contribution in [0.3, 0.4) is 0 Å². The van der Waals surface area contributed by atoms with Crippen LogP contribution in [0.25, 0.3) is 0 Å². The number of nitrogens with one attached hydrogen (secondary N) is 2. The molecule has 6 heteroatoms. The van der Waals surface area contributed by atoms with Crippen molar-refractivity contribution in [3.8, 4) is 5.75 Å². The molecule has 1 heterocycles. The molecule has 0 amide bonds. The minimum Gasteiger partial charge on any atom is -0.493 e. The summed E-state index contributed by atoms with van der Waals surface area (Å²) in [7, 11) is 0. The first-order chi connectivity index (χ1) is 13.2. The molecule has 0 aliphatic heterocycles. The van der Waals surface area contributed by atoms with Gasteiger partial charge in [-0.1, -0.05) is 18.2 Å². The Morgan fingerprint density at radius 1 is 1.30 bits per heavy atom. The summed E-state index contributed by atoms with van der Waals surface area (Å²) in [5.41, 5.74) is 2.32. The first-order valence-electron chi connectivity index (χ1n) is 9.96. The van der Waals surface area contributed by atoms with Crippen LogP contribution in [0.5, 0.6) is 5.75 Å². The Balaban J connectivity index is 1.49. The number of ether oxygens (including phenoxy) is 1. The lowest BCUT2D eigenvalue weighted by Gasteiger charge is -2.13. The topological polar surface area (TPSA) is 63.5 Å². The van der Waals surface area contributed by atoms with Crippen molar-refractivity contribution in [3.63, 3.8) is 0 Å². The number of aryl methyl sites for hydroxylation is 2. The van der Waals surface area contributed by atoms with E-state index in [1.807, 2.05) is 29.1 Å². The lowest BCUT2D eigenvalue weighted by Crippen LogP contribution is -2.38. The van der Waals surface area contributed by atoms with Crippen LogP contribution in [0.2, 0.25) is 0 Å². The van der Waals surface area contributed by atoms with Crippen LogP contribution in [-0.2, 0) is 13.1 Å². The summed E-state index contributed by atoms with van der Waals surface area (Å²) in [6.07, 6.45) is 7.55. The highest BCUT2D eigenvalue weighted by atomic mass is 16.5. The monoisotopic (exact) mass is 369 g/mol. The van der Waals surface area contributed by atoms with Gasteiger partial charge < -0.3 is 15.4 Å². The molecule has 1 fully saturated rings. The van der Waals surface area contributed by atoms with E-state index < -0.39 is 0 Å². The molecule has 0 unspecified atom stereocenters. The van der Waals surface area contributed by atoms with Crippen LogP contribution >= 0.6 is 0 Å². The lowest BCUT2D eigenvalue weighted by molar-refractivity contribution is 0.297. The van der Waals surface area contributed by atoms with Crippen LogP contribution in [0.1, 0.15) is 37.3 Å². The van der Waals surface area contributed by atoms with E-state index in [4.69, 9.17) is 9.73 Å². The highest BCUT2D eigenvalue weighted by Crippen LogP contribution is 2.30. The molecule has 3 rings (SSSR count). The average Bonchev–Trinajstić information content (AvgIpc) is 3.42. The molecule has 1 aromatic carbocycles. The van der Waals surface area contributed by atoms with Crippen molar-refractivity contribution in [2.75, 3.05) is 19.7 Å². The predicted molar refractivity (Wildman–Crippen MR) is 109 cm³/mol. The van der Waals surface area contributed by atoms with Crippen LogP contribution in [0.15, 0.2) is 41.7 Å². The van der Waals surface area contributed by atoms with Crippen molar-refractivity contribution in [3.05, 3.63) is 47.8 Å². The van der Waals surface area contributed by atoms with E-state index in [1.54, 1.807) is 0 Å². The summed E-state index contributed by atoms with van der Waals surface area (Å²) in [6.45, 7) is 8.16. The van der Waals surface area contributed by atoms with Gasteiger partial charge in [0.25, 0.3) is 0 Å². The molecule has 1 aromatic heterocycles. The molecule has 0 atom stereocenters. The number of guanidine groups is 1. The number of aliphatic imine (C=N–C) groups is 1. The Morgan fingerprint density at radius 2 is 2.15 bits per heavy atom. The SMILES string of the molecule is CCNC(=NCc1ccccc1OCC1CC1)NCCCn1cc(C)cn1. The summed E-state index contributed by atoms with van der Waals surface area (Å²) in [5.74, 6) is 2.54. The van der Waals surface area contributed by atoms with Crippen molar-refractivity contribution in [2.45, 2.75) is 46.2 Å². The third-order valence-electron chi connectivity index (χ3n) is 4.51. The number of hydrogen-bond acceptors (Lipinski definition) is 3. The second-order valence-electron chi connectivity index (χ2n) is 7.12. The van der Waals surface area contributed by atoms with E-state index in [0.29, 0.717) is 6.54 Å². The maximum atomic E-state index is 5.98. The van der Waals surface area contributed by atoms with Crippen LogP contribution < -0.4 is 15.4 Å². The van der Waals surface area contributed by atoms with Gasteiger partial charge in [0.2, 0.25) is 0 Å². The van der Waals surface area contributed by atoms with Crippen molar-refractivity contribution in [2.24, 2.45) is 10.9 Å². The fourth-order valence-corrected chi connectivity index (χ4v) is 2.81. The quantitative estimate of drug-likeness (QED) is 0.384. The van der Waals surface area contributed by atoms with Gasteiger partial charge in [-0.3, -0.25) is 4.68 Å². The van der Waals surface area contributed by atoms with E-state index in [-0.39, 0.29) is 0 Å². The highest BCUT2D eigenvalue weighted by Gasteiger charge is 2.22. The van der Waals surface area contributed by atoms with Crippen molar-refractivity contribution in [1.82, 2.24) is 20.4 Å². The molecule has 1 aliphatic rings. The number of nitrogens with zero attached hydrogens (tertiary/aromatic N) is 3. The van der Waals surface area contributed by atoms with Gasteiger partial charge in [-0.15, -0.1) is 0 Å². The molecule has 2 N–H and O–H groups in total. The van der Waals surface area contributed by atoms with Gasteiger partial charge in [0.1, 0.15) is 5.75 Å². The maximum Gasteiger partial charge on any atom is 0.191 e. The Labute approximate surface area is 162 Å². The fraction of sp³-hybridized carbons (Fsp3) is 0.524. The average molecular weight is 370 g/mol. The molecule has 1 aliphatic carbocycles. The van der Waals surface area contributed by atoms with Crippen molar-refractivity contribution >= 4 is 5.96 Å². The number of aromatic nitrogens is 2. The largest absolute Gasteiger partial charge is 0.493 e. The van der Waals surface area contributed by atoms with Crippen LogP contribution in [0.4, 0.5) is 0 Å². The van der Waals surface area contributed by atoms with E-state index in [9.17, 15) is 0 Å². The summed E-state index contributed by atoms with van der Waals surface area (Å²) >= 11 is 0. The third-order valence-corrected chi connectivity index (χ3v) is 4.51. The van der Waals surface area contributed by atoms with E-state index in [0.717, 1.165) is 55.9 Å². The number of hydrogen-bond donors (Lipinski definition) is 2. The van der Waals surface area contributed by atoms with Gasteiger partial charge in [0, 0.05) is 31.4 Å². The van der Waals surface area contributed by atoms with Crippen molar-refractivity contribution in [1.29, 1.82) is 0 Å². The van der Waals surface area contributed by atoms with Gasteiger partial charge in [-0.05, 0) is 50.7 Å². The summed E-state index contributed by atoms with van der Waals surface area (Å²) in [4.78, 5) is 4.73. The van der Waals surface area contributed by atoms with Gasteiger partial charge >= 0.3 is 0 Å². The summed E-state index contributed by atoms with van der Waals surface area (Å²) < 4.78 is 7.96. The molecule has 1 saturated carbocycles. The first kappa shape index (κ1) is 19.3. The van der Waals surface area contributed by atoms with Crippen LogP contribution in [-0.4, -0.2) is 35.4 Å². The Hall–Kier alpha value is -2.50. The summed E-state index contributed by atoms with van der Waals surface area (Å²) in [6, 6.07) is 8.20. The first-order valence-corrected chi connectivity index (χ1v) is 9.96. The van der Waals surface area contributed by atoms with E-state index in [2.05, 4.69) is 41.8 Å². The van der Waals surface area contributed by atoms with Gasteiger partial charge in [0.05, 0.1) is 19.3 Å². The zero-order valence-electron chi connectivity index (χ0n) is 16.4. The van der Waals surface area contributed by atoms with Crippen molar-refractivity contribution < 1.29 is 4.74 Å². The number of para-hydroxylation sites is 1. The third kappa shape index (κ3) is 6.62. The zero-order valence-corrected chi connectivity index (χ0v) is 16.4. The second kappa shape index (κ2) is 10.00. The highest BCUT2D eigenvalue weighted by molar-refractivity contribution is 5.79. The van der Waals surface area contributed by atoms with E-state index >= 15 is 0 Å². The molecule has 146 valence electrons. The maximum absolute atomic E-state index is 5.98. The smallest absolute Gasteiger partial charge is 0.191 e. The molecular weight excluding hydrogens is 338 g/mol. The predicted octanol–water partition coefficient (Wildman–Crippen LogP) is 3.13. The zero-order chi connectivity index (χ0) is 18.9. The molecule has 2 aromatic rings. The minimum absolute atomic E-state index is 0.606. The molecule has 0 radical (unpaired) electrons. The number of rotatable bonds is 10. The molecule has 0 saturated heterocycles. The molecule has 0 bridgehead atoms. The Kier molecular flexibility index (Phi) is 7.13. The Morgan fingerprint density at radius 3 is 2.89 bits per heavy atom. The minimum atomic E-state index is 0.606. The molecular formula is C21H31N5O. The fourth-order valence-electron chi connectivity index (χ4n) is 2.81. The summed E-state index contributed by atoms with van der Waals surface area (Å²) in [5, 5.41) is 11.0. The number of benzene rings is 1. The molecule has 0 spiro atoms. The van der Waals surface area contributed by atoms with Crippen LogP contribution in [0, 0.1) is 12.8 Å². The van der Waals surface area contributed by atoms with E-state index in [1.165, 1.54) is 18.4 Å². The van der Waals surface area contributed by atoms with Gasteiger partial charge in [-0.25, -0.2) is 4.99 Å². The standard InChI is InChI=1S/C21H31N5O/c1-3-22-21(23-11-6-12-26-15-17(2)13-25-26)24-14-19-7-4-5-8-20(19)27-16-18-9-10-18/h4-5,7-8,13,15,18H,3,6,9-12,14,16H2,1-2H3,(H2,22,23,24). The second-order valence-corrected chi connectivity index (χ2v) is 7.12. The Bertz CT molecular complexity index is 736. The normalized spacial score (nSPS) is 14.2. The van der Waals surface area contributed by atoms with Gasteiger partial charge in [-0.2, -0.15) is 5.10 Å². The molecule has 6 nitrogen and oxygen atoms in total. The lowest BCUT2D eigenvalue weighted by atomic mass is 10.2.